The molecule has 0 unspecified atom stereocenters. The van der Waals surface area contributed by atoms with Gasteiger partial charge in [-0.05, 0) is 50.5 Å². The van der Waals surface area contributed by atoms with Gasteiger partial charge in [0.2, 0.25) is 5.91 Å². The van der Waals surface area contributed by atoms with Crippen LogP contribution in [0, 0.1) is 17.0 Å². The molecule has 3 N–H and O–H groups in total. The van der Waals surface area contributed by atoms with Crippen molar-refractivity contribution in [3.8, 4) is 0 Å². The van der Waals surface area contributed by atoms with Crippen LogP contribution in [0.1, 0.15) is 45.5 Å². The molecule has 2 aromatic rings. The van der Waals surface area contributed by atoms with E-state index in [1.54, 1.807) is 31.2 Å². The van der Waals surface area contributed by atoms with Crippen molar-refractivity contribution >= 4 is 28.9 Å². The van der Waals surface area contributed by atoms with Gasteiger partial charge in [0.15, 0.2) is 0 Å². The molecule has 0 atom stereocenters. The number of nitro groups is 1. The molecular formula is C20H22N4O4. The lowest BCUT2D eigenvalue weighted by Gasteiger charge is -2.30. The molecule has 1 aliphatic rings. The van der Waals surface area contributed by atoms with Crippen molar-refractivity contribution in [2.24, 2.45) is 5.73 Å². The summed E-state index contributed by atoms with van der Waals surface area (Å²) in [5.41, 5.74) is 6.97. The number of nitrogens with one attached hydrogen (secondary N) is 1. The van der Waals surface area contributed by atoms with Crippen molar-refractivity contribution < 1.29 is 14.5 Å². The van der Waals surface area contributed by atoms with Crippen molar-refractivity contribution in [2.75, 3.05) is 23.3 Å². The maximum Gasteiger partial charge on any atom is 0.285 e. The molecule has 1 fully saturated rings. The van der Waals surface area contributed by atoms with Gasteiger partial charge in [-0.15, -0.1) is 0 Å². The standard InChI is InChI=1S/C20H22N4O4/c1-13-6-5-7-15(18(13)24(27)28)20(26)22-16-12-14(19(21)25)8-9-17(16)23-10-3-2-4-11-23/h5-9,12H,2-4,10-11H2,1H3,(H2,21,25)(H,22,26). The topological polar surface area (TPSA) is 119 Å². The van der Waals surface area contributed by atoms with Crippen molar-refractivity contribution in [3.63, 3.8) is 0 Å². The molecule has 2 aromatic carbocycles. The number of anilines is 2. The summed E-state index contributed by atoms with van der Waals surface area (Å²) >= 11 is 0. The summed E-state index contributed by atoms with van der Waals surface area (Å²) in [5.74, 6) is -1.21. The van der Waals surface area contributed by atoms with Gasteiger partial charge < -0.3 is 16.0 Å². The fraction of sp³-hybridized carbons (Fsp3) is 0.300. The lowest BCUT2D eigenvalue weighted by molar-refractivity contribution is -0.385. The third-order valence-electron chi connectivity index (χ3n) is 4.89. The van der Waals surface area contributed by atoms with Gasteiger partial charge in [0, 0.05) is 24.2 Å². The van der Waals surface area contributed by atoms with Gasteiger partial charge >= 0.3 is 0 Å². The minimum Gasteiger partial charge on any atom is -0.370 e. The molecule has 1 saturated heterocycles. The predicted octanol–water partition coefficient (Wildman–Crippen LogP) is 3.24. The number of carbonyl (C=O) groups is 2. The summed E-state index contributed by atoms with van der Waals surface area (Å²) in [5, 5.41) is 14.2. The maximum absolute atomic E-state index is 12.9. The molecule has 0 bridgehead atoms. The van der Waals surface area contributed by atoms with E-state index in [1.165, 1.54) is 12.1 Å². The molecule has 8 heteroatoms. The number of nitrogens with zero attached hydrogens (tertiary/aromatic N) is 2. The highest BCUT2D eigenvalue weighted by atomic mass is 16.6. The number of amides is 2. The van der Waals surface area contributed by atoms with Gasteiger partial charge in [0.05, 0.1) is 16.3 Å². The molecule has 8 nitrogen and oxygen atoms in total. The van der Waals surface area contributed by atoms with Crippen LogP contribution in [0.25, 0.3) is 0 Å². The van der Waals surface area contributed by atoms with Gasteiger partial charge in [-0.3, -0.25) is 19.7 Å². The highest BCUT2D eigenvalue weighted by Crippen LogP contribution is 2.31. The summed E-state index contributed by atoms with van der Waals surface area (Å²) < 4.78 is 0. The van der Waals surface area contributed by atoms with Crippen LogP contribution >= 0.6 is 0 Å². The Labute approximate surface area is 162 Å². The number of aryl methyl sites for hydroxylation is 1. The van der Waals surface area contributed by atoms with E-state index in [0.717, 1.165) is 38.0 Å². The Bertz CT molecular complexity index is 936. The van der Waals surface area contributed by atoms with Crippen molar-refractivity contribution in [1.29, 1.82) is 0 Å². The second-order valence-electron chi connectivity index (χ2n) is 6.83. The lowest BCUT2D eigenvalue weighted by atomic mass is 10.1. The molecule has 0 spiro atoms. The van der Waals surface area contributed by atoms with E-state index in [0.29, 0.717) is 11.3 Å². The van der Waals surface area contributed by atoms with Crippen LogP contribution in [-0.2, 0) is 0 Å². The molecule has 0 aromatic heterocycles. The number of carbonyl (C=O) groups excluding carboxylic acids is 2. The molecular weight excluding hydrogens is 360 g/mol. The average Bonchev–Trinajstić information content (AvgIpc) is 2.68. The molecule has 2 amide bonds. The Morgan fingerprint density at radius 2 is 1.86 bits per heavy atom. The second-order valence-corrected chi connectivity index (χ2v) is 6.83. The van der Waals surface area contributed by atoms with Gasteiger partial charge in [0.1, 0.15) is 5.56 Å². The zero-order valence-corrected chi connectivity index (χ0v) is 15.6. The van der Waals surface area contributed by atoms with E-state index in [2.05, 4.69) is 10.2 Å². The fourth-order valence-corrected chi connectivity index (χ4v) is 3.47. The smallest absolute Gasteiger partial charge is 0.285 e. The Kier molecular flexibility index (Phi) is 5.58. The quantitative estimate of drug-likeness (QED) is 0.608. The summed E-state index contributed by atoms with van der Waals surface area (Å²) in [7, 11) is 0. The first kappa shape index (κ1) is 19.3. The number of rotatable bonds is 5. The van der Waals surface area contributed by atoms with Crippen LogP contribution in [0.5, 0.6) is 0 Å². The number of hydrogen-bond acceptors (Lipinski definition) is 5. The number of nitro benzene ring substituents is 1. The van der Waals surface area contributed by atoms with Crippen LogP contribution in [0.2, 0.25) is 0 Å². The Morgan fingerprint density at radius 3 is 2.50 bits per heavy atom. The third-order valence-corrected chi connectivity index (χ3v) is 4.89. The normalized spacial score (nSPS) is 13.8. The zero-order chi connectivity index (χ0) is 20.3. The molecule has 1 aliphatic heterocycles. The van der Waals surface area contributed by atoms with Crippen molar-refractivity contribution in [2.45, 2.75) is 26.2 Å². The number of hydrogen-bond donors (Lipinski definition) is 2. The van der Waals surface area contributed by atoms with Gasteiger partial charge in [-0.1, -0.05) is 12.1 Å². The van der Waals surface area contributed by atoms with E-state index in [4.69, 9.17) is 5.73 Å². The van der Waals surface area contributed by atoms with Crippen LogP contribution in [0.3, 0.4) is 0 Å². The monoisotopic (exact) mass is 382 g/mol. The number of para-hydroxylation sites is 1. The molecule has 3 rings (SSSR count). The first-order valence-electron chi connectivity index (χ1n) is 9.12. The highest BCUT2D eigenvalue weighted by molar-refractivity contribution is 6.09. The van der Waals surface area contributed by atoms with Crippen LogP contribution in [0.4, 0.5) is 17.1 Å². The summed E-state index contributed by atoms with van der Waals surface area (Å²) in [4.78, 5) is 37.4. The Morgan fingerprint density at radius 1 is 1.14 bits per heavy atom. The molecule has 0 radical (unpaired) electrons. The molecule has 146 valence electrons. The Hall–Kier alpha value is -3.42. The first-order valence-corrected chi connectivity index (χ1v) is 9.12. The molecule has 1 heterocycles. The van der Waals surface area contributed by atoms with Gasteiger partial charge in [-0.2, -0.15) is 0 Å². The van der Waals surface area contributed by atoms with E-state index >= 15 is 0 Å². The SMILES string of the molecule is Cc1cccc(C(=O)Nc2cc(C(N)=O)ccc2N2CCCCC2)c1[N+](=O)[O-]. The number of nitrogens with two attached hydrogens (primary N) is 1. The lowest BCUT2D eigenvalue weighted by Crippen LogP contribution is -2.30. The fourth-order valence-electron chi connectivity index (χ4n) is 3.47. The first-order chi connectivity index (χ1) is 13.4. The van der Waals surface area contributed by atoms with E-state index in [1.807, 2.05) is 0 Å². The number of benzene rings is 2. The van der Waals surface area contributed by atoms with Crippen LogP contribution < -0.4 is 16.0 Å². The van der Waals surface area contributed by atoms with Gasteiger partial charge in [-0.25, -0.2) is 0 Å². The molecule has 28 heavy (non-hydrogen) atoms. The minimum absolute atomic E-state index is 0.0286. The highest BCUT2D eigenvalue weighted by Gasteiger charge is 2.24. The van der Waals surface area contributed by atoms with Crippen molar-refractivity contribution in [3.05, 3.63) is 63.2 Å². The van der Waals surface area contributed by atoms with Crippen LogP contribution in [0.15, 0.2) is 36.4 Å². The molecule has 0 saturated carbocycles. The third kappa shape index (κ3) is 3.95. The molecule has 0 aliphatic carbocycles. The summed E-state index contributed by atoms with van der Waals surface area (Å²) in [6.07, 6.45) is 3.22. The van der Waals surface area contributed by atoms with E-state index < -0.39 is 16.7 Å². The second kappa shape index (κ2) is 8.08. The Balaban J connectivity index is 1.99. The summed E-state index contributed by atoms with van der Waals surface area (Å²) in [6, 6.07) is 9.50. The summed E-state index contributed by atoms with van der Waals surface area (Å²) in [6.45, 7) is 3.26. The number of primary amides is 1. The predicted molar refractivity (Wildman–Crippen MR) is 107 cm³/mol. The maximum atomic E-state index is 12.9. The van der Waals surface area contributed by atoms with Crippen LogP contribution in [-0.4, -0.2) is 29.8 Å². The van der Waals surface area contributed by atoms with E-state index in [9.17, 15) is 19.7 Å². The van der Waals surface area contributed by atoms with E-state index in [-0.39, 0.29) is 16.8 Å². The van der Waals surface area contributed by atoms with Gasteiger partial charge in [0.25, 0.3) is 11.6 Å². The average molecular weight is 382 g/mol. The van der Waals surface area contributed by atoms with Crippen molar-refractivity contribution in [1.82, 2.24) is 0 Å². The zero-order valence-electron chi connectivity index (χ0n) is 15.6. The minimum atomic E-state index is -0.609. The largest absolute Gasteiger partial charge is 0.370 e. The number of piperidine rings is 1.